The number of methoxy groups -OCH3 is 1. The molecule has 128 valence electrons. The summed E-state index contributed by atoms with van der Waals surface area (Å²) in [6.07, 6.45) is 0.812. The van der Waals surface area contributed by atoms with Gasteiger partial charge in [-0.05, 0) is 32.4 Å². The molecule has 0 saturated heterocycles. The van der Waals surface area contributed by atoms with Gasteiger partial charge in [0.1, 0.15) is 10.6 Å². The zero-order chi connectivity index (χ0) is 17.7. The van der Waals surface area contributed by atoms with E-state index in [1.54, 1.807) is 11.8 Å². The fourth-order valence-electron chi connectivity index (χ4n) is 2.43. The quantitative estimate of drug-likeness (QED) is 0.784. The number of benzene rings is 1. The summed E-state index contributed by atoms with van der Waals surface area (Å²) in [6, 6.07) is 7.71. The zero-order valence-corrected chi connectivity index (χ0v) is 15.3. The van der Waals surface area contributed by atoms with Crippen molar-refractivity contribution in [2.24, 2.45) is 4.99 Å². The molecule has 0 fully saturated rings. The molecule has 0 aliphatic carbocycles. The second-order valence-corrected chi connectivity index (χ2v) is 6.50. The predicted octanol–water partition coefficient (Wildman–Crippen LogP) is 3.46. The number of allylic oxidation sites excluding steroid dienone is 1. The number of nitrogens with zero attached hydrogens (tertiary/aromatic N) is 2. The first-order chi connectivity index (χ1) is 11.5. The number of ether oxygens (including phenoxy) is 1. The summed E-state index contributed by atoms with van der Waals surface area (Å²) in [5.41, 5.74) is 2.84. The number of rotatable bonds is 4. The molecule has 0 saturated carbocycles. The molecule has 0 bridgehead atoms. The molecule has 0 aromatic heterocycles. The average molecular weight is 346 g/mol. The van der Waals surface area contributed by atoms with Gasteiger partial charge in [0.15, 0.2) is 0 Å². The summed E-state index contributed by atoms with van der Waals surface area (Å²) in [7, 11) is 1.34. The smallest absolute Gasteiger partial charge is 0.342 e. The Hall–Kier alpha value is -2.08. The van der Waals surface area contributed by atoms with E-state index in [-0.39, 0.29) is 11.7 Å². The minimum Gasteiger partial charge on any atom is -0.465 e. The predicted molar refractivity (Wildman–Crippen MR) is 97.5 cm³/mol. The van der Waals surface area contributed by atoms with Crippen LogP contribution >= 0.6 is 11.8 Å². The molecule has 0 unspecified atom stereocenters. The summed E-state index contributed by atoms with van der Waals surface area (Å²) in [6.45, 7) is 6.35. The molecule has 6 heteroatoms. The molecule has 1 heterocycles. The van der Waals surface area contributed by atoms with Crippen LogP contribution < -0.4 is 0 Å². The molecule has 24 heavy (non-hydrogen) atoms. The minimum atomic E-state index is -0.471. The van der Waals surface area contributed by atoms with Crippen LogP contribution in [-0.2, 0) is 14.3 Å². The van der Waals surface area contributed by atoms with Gasteiger partial charge in [-0.1, -0.05) is 36.4 Å². The van der Waals surface area contributed by atoms with Gasteiger partial charge in [-0.2, -0.15) is 0 Å². The number of aryl methyl sites for hydroxylation is 1. The van der Waals surface area contributed by atoms with E-state index in [4.69, 9.17) is 4.74 Å². The highest BCUT2D eigenvalue weighted by atomic mass is 32.2. The SMILES string of the molecule is CCCN1C(=O)CSC(=Nc2ccc(C)cc2)C(C(=O)OC)=C1C. The van der Waals surface area contributed by atoms with E-state index in [2.05, 4.69) is 4.99 Å². The lowest BCUT2D eigenvalue weighted by Crippen LogP contribution is -2.31. The van der Waals surface area contributed by atoms with Crippen molar-refractivity contribution >= 4 is 34.4 Å². The van der Waals surface area contributed by atoms with Gasteiger partial charge in [0.2, 0.25) is 5.91 Å². The van der Waals surface area contributed by atoms with Crippen LogP contribution in [0, 0.1) is 6.92 Å². The lowest BCUT2D eigenvalue weighted by molar-refractivity contribution is -0.135. The fraction of sp³-hybridized carbons (Fsp3) is 0.389. The number of amides is 1. The van der Waals surface area contributed by atoms with Crippen molar-refractivity contribution in [2.45, 2.75) is 27.2 Å². The molecular formula is C18H22N2O3S. The van der Waals surface area contributed by atoms with E-state index in [0.717, 1.165) is 17.7 Å². The maximum Gasteiger partial charge on any atom is 0.342 e. The molecule has 0 N–H and O–H groups in total. The van der Waals surface area contributed by atoms with Crippen molar-refractivity contribution in [1.82, 2.24) is 4.90 Å². The highest BCUT2D eigenvalue weighted by molar-refractivity contribution is 8.15. The van der Waals surface area contributed by atoms with Crippen molar-refractivity contribution in [3.63, 3.8) is 0 Å². The third-order valence-corrected chi connectivity index (χ3v) is 4.68. The van der Waals surface area contributed by atoms with Crippen LogP contribution in [0.1, 0.15) is 25.8 Å². The Kier molecular flexibility index (Phi) is 6.20. The number of carbonyl (C=O) groups excluding carboxylic acids is 2. The summed E-state index contributed by atoms with van der Waals surface area (Å²) in [4.78, 5) is 30.9. The van der Waals surface area contributed by atoms with E-state index >= 15 is 0 Å². The van der Waals surface area contributed by atoms with Crippen LogP contribution in [0.3, 0.4) is 0 Å². The van der Waals surface area contributed by atoms with Crippen LogP contribution in [0.5, 0.6) is 0 Å². The molecule has 1 amide bonds. The molecular weight excluding hydrogens is 324 g/mol. The second kappa shape index (κ2) is 8.15. The first-order valence-electron chi connectivity index (χ1n) is 7.86. The van der Waals surface area contributed by atoms with Crippen LogP contribution in [0.2, 0.25) is 0 Å². The molecule has 0 atom stereocenters. The number of esters is 1. The molecule has 1 aromatic rings. The number of aliphatic imine (C=N–C) groups is 1. The van der Waals surface area contributed by atoms with E-state index in [9.17, 15) is 9.59 Å². The Morgan fingerprint density at radius 2 is 1.96 bits per heavy atom. The molecule has 1 aliphatic rings. The maximum absolute atomic E-state index is 12.4. The topological polar surface area (TPSA) is 59.0 Å². The van der Waals surface area contributed by atoms with Gasteiger partial charge in [-0.3, -0.25) is 4.79 Å². The van der Waals surface area contributed by atoms with Gasteiger partial charge in [-0.15, -0.1) is 0 Å². The van der Waals surface area contributed by atoms with Gasteiger partial charge < -0.3 is 9.64 Å². The van der Waals surface area contributed by atoms with Crippen molar-refractivity contribution in [1.29, 1.82) is 0 Å². The Labute approximate surface area is 146 Å². The molecule has 0 radical (unpaired) electrons. The van der Waals surface area contributed by atoms with Crippen LogP contribution in [0.4, 0.5) is 5.69 Å². The standard InChI is InChI=1S/C18H22N2O3S/c1-5-10-20-13(3)16(18(22)23-4)17(24-11-15(20)21)19-14-8-6-12(2)7-9-14/h6-9H,5,10-11H2,1-4H3. The Morgan fingerprint density at radius 1 is 1.29 bits per heavy atom. The Balaban J connectivity index is 2.54. The summed E-state index contributed by atoms with van der Waals surface area (Å²) in [5.74, 6) is -0.237. The van der Waals surface area contributed by atoms with Crippen molar-refractivity contribution in [2.75, 3.05) is 19.4 Å². The zero-order valence-electron chi connectivity index (χ0n) is 14.5. The lowest BCUT2D eigenvalue weighted by Gasteiger charge is -2.22. The summed E-state index contributed by atoms with van der Waals surface area (Å²) < 4.78 is 4.94. The van der Waals surface area contributed by atoms with Gasteiger partial charge in [0, 0.05) is 12.2 Å². The van der Waals surface area contributed by atoms with Crippen LogP contribution in [0.15, 0.2) is 40.5 Å². The average Bonchev–Trinajstić information content (AvgIpc) is 2.68. The van der Waals surface area contributed by atoms with Gasteiger partial charge in [-0.25, -0.2) is 9.79 Å². The highest BCUT2D eigenvalue weighted by Crippen LogP contribution is 2.28. The number of carbonyl (C=O) groups is 2. The Morgan fingerprint density at radius 3 is 2.54 bits per heavy atom. The molecule has 2 rings (SSSR count). The normalized spacial score (nSPS) is 17.2. The third-order valence-electron chi connectivity index (χ3n) is 3.72. The van der Waals surface area contributed by atoms with E-state index in [0.29, 0.717) is 22.9 Å². The first-order valence-corrected chi connectivity index (χ1v) is 8.84. The first kappa shape index (κ1) is 18.3. The van der Waals surface area contributed by atoms with Crippen LogP contribution in [0.25, 0.3) is 0 Å². The van der Waals surface area contributed by atoms with Gasteiger partial charge in [0.25, 0.3) is 0 Å². The number of thioether (sulfide) groups is 1. The molecule has 1 aromatic carbocycles. The van der Waals surface area contributed by atoms with Gasteiger partial charge in [0.05, 0.1) is 18.6 Å². The maximum atomic E-state index is 12.4. The van der Waals surface area contributed by atoms with Crippen molar-refractivity contribution in [3.05, 3.63) is 41.1 Å². The van der Waals surface area contributed by atoms with Crippen molar-refractivity contribution < 1.29 is 14.3 Å². The third kappa shape index (κ3) is 4.06. The van der Waals surface area contributed by atoms with Crippen LogP contribution in [-0.4, -0.2) is 41.2 Å². The second-order valence-electron chi connectivity index (χ2n) is 5.54. The van der Waals surface area contributed by atoms with E-state index in [1.807, 2.05) is 38.1 Å². The van der Waals surface area contributed by atoms with Crippen molar-refractivity contribution in [3.8, 4) is 0 Å². The monoisotopic (exact) mass is 346 g/mol. The number of hydrogen-bond acceptors (Lipinski definition) is 5. The molecule has 1 aliphatic heterocycles. The summed E-state index contributed by atoms with van der Waals surface area (Å²) >= 11 is 1.28. The largest absolute Gasteiger partial charge is 0.465 e. The highest BCUT2D eigenvalue weighted by Gasteiger charge is 2.30. The number of hydrogen-bond donors (Lipinski definition) is 0. The Bertz CT molecular complexity index is 693. The van der Waals surface area contributed by atoms with Gasteiger partial charge >= 0.3 is 5.97 Å². The van der Waals surface area contributed by atoms with E-state index < -0.39 is 5.97 Å². The fourth-order valence-corrected chi connectivity index (χ4v) is 3.40. The minimum absolute atomic E-state index is 0.0186. The summed E-state index contributed by atoms with van der Waals surface area (Å²) in [5, 5.41) is 0.523. The molecule has 5 nitrogen and oxygen atoms in total. The molecule has 0 spiro atoms. The van der Waals surface area contributed by atoms with E-state index in [1.165, 1.54) is 18.9 Å². The lowest BCUT2D eigenvalue weighted by atomic mass is 10.2.